The van der Waals surface area contributed by atoms with E-state index in [-0.39, 0.29) is 17.2 Å². The second-order valence-electron chi connectivity index (χ2n) is 8.30. The lowest BCUT2D eigenvalue weighted by Gasteiger charge is -2.19. The van der Waals surface area contributed by atoms with Crippen LogP contribution in [0.2, 0.25) is 0 Å². The Balaban J connectivity index is 1.60. The highest BCUT2D eigenvalue weighted by molar-refractivity contribution is 8.00. The summed E-state index contributed by atoms with van der Waals surface area (Å²) in [6, 6.07) is 9.36. The van der Waals surface area contributed by atoms with Gasteiger partial charge in [-0.2, -0.15) is 0 Å². The molecule has 0 aliphatic rings. The first-order valence-corrected chi connectivity index (χ1v) is 10.9. The van der Waals surface area contributed by atoms with Crippen molar-refractivity contribution < 1.29 is 22.7 Å². The van der Waals surface area contributed by atoms with E-state index in [4.69, 9.17) is 10.6 Å². The summed E-state index contributed by atoms with van der Waals surface area (Å²) >= 11 is 0.964. The Hall–Kier alpha value is -3.21. The molecule has 0 saturated carbocycles. The summed E-state index contributed by atoms with van der Waals surface area (Å²) in [5.41, 5.74) is 0.736. The first-order chi connectivity index (χ1) is 15.5. The largest absolute Gasteiger partial charge is 0.486 e. The SMILES string of the molecule is CC(Sc1nnc(COc2ccc(C(C)(C)C)cc2)n1N)C(=O)Nc1ccc(F)c(F)c1F. The highest BCUT2D eigenvalue weighted by Crippen LogP contribution is 2.26. The minimum atomic E-state index is -1.66. The van der Waals surface area contributed by atoms with Gasteiger partial charge in [0.2, 0.25) is 11.1 Å². The highest BCUT2D eigenvalue weighted by Gasteiger charge is 2.22. The lowest BCUT2D eigenvalue weighted by molar-refractivity contribution is -0.115. The van der Waals surface area contributed by atoms with Gasteiger partial charge in [-0.15, -0.1) is 10.2 Å². The van der Waals surface area contributed by atoms with E-state index >= 15 is 0 Å². The first-order valence-electron chi connectivity index (χ1n) is 10.0. The van der Waals surface area contributed by atoms with Gasteiger partial charge < -0.3 is 15.9 Å². The first kappa shape index (κ1) is 24.4. The molecular weight excluding hydrogens is 455 g/mol. The van der Waals surface area contributed by atoms with Crippen molar-refractivity contribution in [1.29, 1.82) is 0 Å². The predicted octanol–water partition coefficient (Wildman–Crippen LogP) is 4.41. The van der Waals surface area contributed by atoms with Gasteiger partial charge in [-0.1, -0.05) is 44.7 Å². The minimum Gasteiger partial charge on any atom is -0.486 e. The Morgan fingerprint density at radius 3 is 2.42 bits per heavy atom. The summed E-state index contributed by atoms with van der Waals surface area (Å²) < 4.78 is 47.1. The maximum atomic E-state index is 13.8. The van der Waals surface area contributed by atoms with E-state index < -0.39 is 34.3 Å². The average molecular weight is 480 g/mol. The number of ether oxygens (including phenoxy) is 1. The van der Waals surface area contributed by atoms with Crippen molar-refractivity contribution in [2.45, 2.75) is 50.1 Å². The molecule has 2 aromatic carbocycles. The summed E-state index contributed by atoms with van der Waals surface area (Å²) in [5, 5.41) is 9.59. The summed E-state index contributed by atoms with van der Waals surface area (Å²) in [5.74, 6) is 1.86. The molecule has 7 nitrogen and oxygen atoms in total. The molecule has 176 valence electrons. The zero-order valence-electron chi connectivity index (χ0n) is 18.5. The third-order valence-electron chi connectivity index (χ3n) is 4.77. The van der Waals surface area contributed by atoms with Gasteiger partial charge in [0, 0.05) is 0 Å². The third kappa shape index (κ3) is 5.78. The van der Waals surface area contributed by atoms with Crippen LogP contribution in [0.15, 0.2) is 41.6 Å². The van der Waals surface area contributed by atoms with Crippen LogP contribution in [0.25, 0.3) is 0 Å². The number of hydrogen-bond acceptors (Lipinski definition) is 6. The number of halogens is 3. The number of amides is 1. The van der Waals surface area contributed by atoms with E-state index in [1.807, 2.05) is 24.3 Å². The fourth-order valence-electron chi connectivity index (χ4n) is 2.75. The molecular formula is C22H24F3N5O2S. The molecule has 0 radical (unpaired) electrons. The van der Waals surface area contributed by atoms with Crippen LogP contribution in [0, 0.1) is 17.5 Å². The smallest absolute Gasteiger partial charge is 0.237 e. The highest BCUT2D eigenvalue weighted by atomic mass is 32.2. The number of nitrogen functional groups attached to an aromatic ring is 1. The standard InChI is InChI=1S/C22H24F3N5O2S/c1-12(20(31)27-16-10-9-15(23)18(24)19(16)25)33-21-29-28-17(30(21)26)11-32-14-7-5-13(6-8-14)22(2,3)4/h5-10,12H,11,26H2,1-4H3,(H,27,31). The molecule has 0 fully saturated rings. The normalized spacial score (nSPS) is 12.5. The molecule has 1 aromatic heterocycles. The summed E-state index contributed by atoms with van der Waals surface area (Å²) in [6.45, 7) is 7.94. The monoisotopic (exact) mass is 479 g/mol. The molecule has 0 bridgehead atoms. The number of nitrogens with two attached hydrogens (primary N) is 1. The number of anilines is 1. The van der Waals surface area contributed by atoms with E-state index in [0.717, 1.165) is 23.9 Å². The van der Waals surface area contributed by atoms with E-state index in [0.29, 0.717) is 11.6 Å². The molecule has 11 heteroatoms. The van der Waals surface area contributed by atoms with Crippen molar-refractivity contribution >= 4 is 23.4 Å². The lowest BCUT2D eigenvalue weighted by atomic mass is 9.87. The van der Waals surface area contributed by atoms with Crippen LogP contribution in [0.3, 0.4) is 0 Å². The van der Waals surface area contributed by atoms with Crippen LogP contribution >= 0.6 is 11.8 Å². The van der Waals surface area contributed by atoms with Crippen molar-refractivity contribution in [3.8, 4) is 5.75 Å². The Labute approximate surface area is 193 Å². The second-order valence-corrected chi connectivity index (χ2v) is 9.61. The van der Waals surface area contributed by atoms with Crippen molar-refractivity contribution in [3.63, 3.8) is 0 Å². The number of aromatic nitrogens is 3. The lowest BCUT2D eigenvalue weighted by Crippen LogP contribution is -2.24. The van der Waals surface area contributed by atoms with Gasteiger partial charge in [0.25, 0.3) is 0 Å². The molecule has 1 atom stereocenters. The summed E-state index contributed by atoms with van der Waals surface area (Å²) in [7, 11) is 0. The van der Waals surface area contributed by atoms with Gasteiger partial charge in [-0.05, 0) is 42.2 Å². The Morgan fingerprint density at radius 1 is 1.12 bits per heavy atom. The van der Waals surface area contributed by atoms with Crippen LogP contribution < -0.4 is 15.9 Å². The zero-order chi connectivity index (χ0) is 24.3. The molecule has 3 aromatic rings. The predicted molar refractivity (Wildman–Crippen MR) is 120 cm³/mol. The van der Waals surface area contributed by atoms with Gasteiger partial charge in [-0.3, -0.25) is 4.79 Å². The number of nitrogens with one attached hydrogen (secondary N) is 1. The average Bonchev–Trinajstić information content (AvgIpc) is 3.11. The quantitative estimate of drug-likeness (QED) is 0.296. The second kappa shape index (κ2) is 9.74. The maximum absolute atomic E-state index is 13.8. The molecule has 0 saturated heterocycles. The molecule has 0 aliphatic carbocycles. The molecule has 33 heavy (non-hydrogen) atoms. The van der Waals surface area contributed by atoms with Crippen LogP contribution in [0.5, 0.6) is 5.75 Å². The van der Waals surface area contributed by atoms with Gasteiger partial charge in [0.05, 0.1) is 10.9 Å². The Kier molecular flexibility index (Phi) is 7.21. The number of thioether (sulfide) groups is 1. The fourth-order valence-corrected chi connectivity index (χ4v) is 3.54. The van der Waals surface area contributed by atoms with Gasteiger partial charge in [0.15, 0.2) is 23.3 Å². The number of carbonyl (C=O) groups is 1. The van der Waals surface area contributed by atoms with E-state index in [1.165, 1.54) is 17.2 Å². The van der Waals surface area contributed by atoms with E-state index in [9.17, 15) is 18.0 Å². The number of rotatable bonds is 7. The molecule has 0 aliphatic heterocycles. The number of nitrogens with zero attached hydrogens (tertiary/aromatic N) is 3. The summed E-state index contributed by atoms with van der Waals surface area (Å²) in [4.78, 5) is 12.4. The van der Waals surface area contributed by atoms with Gasteiger partial charge in [0.1, 0.15) is 12.4 Å². The van der Waals surface area contributed by atoms with E-state index in [1.54, 1.807) is 0 Å². The Morgan fingerprint density at radius 2 is 1.79 bits per heavy atom. The third-order valence-corrected chi connectivity index (χ3v) is 5.82. The zero-order valence-corrected chi connectivity index (χ0v) is 19.3. The van der Waals surface area contributed by atoms with Crippen LogP contribution in [0.4, 0.5) is 18.9 Å². The molecule has 3 N–H and O–H groups in total. The molecule has 1 unspecified atom stereocenters. The molecule has 1 heterocycles. The van der Waals surface area contributed by atoms with Crippen molar-refractivity contribution in [2.24, 2.45) is 0 Å². The van der Waals surface area contributed by atoms with Gasteiger partial charge in [-0.25, -0.2) is 17.8 Å². The van der Waals surface area contributed by atoms with Crippen molar-refractivity contribution in [3.05, 3.63) is 65.2 Å². The minimum absolute atomic E-state index is 0.0295. The number of benzene rings is 2. The van der Waals surface area contributed by atoms with Crippen LogP contribution in [-0.2, 0) is 16.8 Å². The van der Waals surface area contributed by atoms with Crippen LogP contribution in [0.1, 0.15) is 39.1 Å². The number of carbonyl (C=O) groups excluding carboxylic acids is 1. The van der Waals surface area contributed by atoms with Crippen molar-refractivity contribution in [1.82, 2.24) is 14.9 Å². The molecule has 3 rings (SSSR count). The number of hydrogen-bond donors (Lipinski definition) is 2. The maximum Gasteiger partial charge on any atom is 0.237 e. The van der Waals surface area contributed by atoms with Crippen LogP contribution in [-0.4, -0.2) is 26.0 Å². The Bertz CT molecular complexity index is 1150. The summed E-state index contributed by atoms with van der Waals surface area (Å²) in [6.07, 6.45) is 0. The van der Waals surface area contributed by atoms with Crippen molar-refractivity contribution in [2.75, 3.05) is 11.2 Å². The van der Waals surface area contributed by atoms with Gasteiger partial charge >= 0.3 is 0 Å². The van der Waals surface area contributed by atoms with E-state index in [2.05, 4.69) is 36.3 Å². The topological polar surface area (TPSA) is 95.1 Å². The molecule has 1 amide bonds. The fraction of sp³-hybridized carbons (Fsp3) is 0.318. The molecule has 0 spiro atoms.